The van der Waals surface area contributed by atoms with Crippen molar-refractivity contribution in [2.45, 2.75) is 20.3 Å². The van der Waals surface area contributed by atoms with Crippen molar-refractivity contribution in [3.8, 4) is 0 Å². The van der Waals surface area contributed by atoms with E-state index < -0.39 is 0 Å². The highest BCUT2D eigenvalue weighted by atomic mass is 32.1. The summed E-state index contributed by atoms with van der Waals surface area (Å²) in [5, 5.41) is 7.35. The number of ether oxygens (including phenoxy) is 1. The van der Waals surface area contributed by atoms with Crippen LogP contribution in [-0.4, -0.2) is 23.4 Å². The van der Waals surface area contributed by atoms with E-state index in [-0.39, 0.29) is 12.4 Å². The van der Waals surface area contributed by atoms with Crippen molar-refractivity contribution >= 4 is 34.7 Å². The fraction of sp³-hybridized carbons (Fsp3) is 0.308. The average Bonchev–Trinajstić information content (AvgIpc) is 2.38. The number of nitrogens with zero attached hydrogens (tertiary/aromatic N) is 1. The Morgan fingerprint density at radius 2 is 2.05 bits per heavy atom. The van der Waals surface area contributed by atoms with Crippen molar-refractivity contribution in [2.75, 3.05) is 11.9 Å². The molecule has 19 heavy (non-hydrogen) atoms. The highest BCUT2D eigenvalue weighted by molar-refractivity contribution is 7.80. The van der Waals surface area contributed by atoms with Crippen molar-refractivity contribution < 1.29 is 9.53 Å². The molecule has 5 nitrogen and oxygen atoms in total. The largest absolute Gasteiger partial charge is 0.466 e. The minimum Gasteiger partial charge on any atom is -0.466 e. The topological polar surface area (TPSA) is 62.7 Å². The first-order valence-corrected chi connectivity index (χ1v) is 6.33. The van der Waals surface area contributed by atoms with E-state index >= 15 is 0 Å². The van der Waals surface area contributed by atoms with Crippen LogP contribution in [0.4, 0.5) is 5.69 Å². The Morgan fingerprint density at radius 3 is 2.68 bits per heavy atom. The van der Waals surface area contributed by atoms with E-state index in [0.29, 0.717) is 17.4 Å². The Morgan fingerprint density at radius 1 is 1.37 bits per heavy atom. The minimum absolute atomic E-state index is 0.148. The zero-order valence-electron chi connectivity index (χ0n) is 11.0. The molecule has 0 atom stereocenters. The Kier molecular flexibility index (Phi) is 6.52. The number of nitrogens with one attached hydrogen (secondary N) is 2. The SMILES string of the molecule is CCOC(=O)C/C(C)=N/NC(=S)Nc1ccccc1. The molecule has 0 amide bonds. The van der Waals surface area contributed by atoms with Crippen LogP contribution in [0, 0.1) is 0 Å². The van der Waals surface area contributed by atoms with Crippen LogP contribution >= 0.6 is 12.2 Å². The zero-order valence-corrected chi connectivity index (χ0v) is 11.8. The number of hydrogen-bond acceptors (Lipinski definition) is 4. The molecule has 0 heterocycles. The van der Waals surface area contributed by atoms with Crippen LogP contribution in [-0.2, 0) is 9.53 Å². The first-order valence-electron chi connectivity index (χ1n) is 5.92. The summed E-state index contributed by atoms with van der Waals surface area (Å²) in [5.41, 5.74) is 4.16. The van der Waals surface area contributed by atoms with Gasteiger partial charge in [-0.1, -0.05) is 18.2 Å². The number of para-hydroxylation sites is 1. The smallest absolute Gasteiger partial charge is 0.311 e. The Hall–Kier alpha value is -1.95. The fourth-order valence-corrected chi connectivity index (χ4v) is 1.45. The number of anilines is 1. The lowest BCUT2D eigenvalue weighted by Crippen LogP contribution is -2.25. The second-order valence-corrected chi connectivity index (χ2v) is 4.17. The summed E-state index contributed by atoms with van der Waals surface area (Å²) in [5.74, 6) is -0.299. The molecule has 102 valence electrons. The van der Waals surface area contributed by atoms with Gasteiger partial charge in [0.2, 0.25) is 0 Å². The summed E-state index contributed by atoms with van der Waals surface area (Å²) in [6.45, 7) is 3.87. The molecule has 0 aliphatic carbocycles. The van der Waals surface area contributed by atoms with Gasteiger partial charge in [0.15, 0.2) is 5.11 Å². The average molecular weight is 279 g/mol. The summed E-state index contributed by atoms with van der Waals surface area (Å²) in [7, 11) is 0. The van der Waals surface area contributed by atoms with E-state index in [9.17, 15) is 4.79 Å². The molecule has 0 bridgehead atoms. The van der Waals surface area contributed by atoms with Crippen LogP contribution in [0.15, 0.2) is 35.4 Å². The van der Waals surface area contributed by atoms with Crippen molar-refractivity contribution in [2.24, 2.45) is 5.10 Å². The number of benzene rings is 1. The predicted molar refractivity (Wildman–Crippen MR) is 80.2 cm³/mol. The van der Waals surface area contributed by atoms with Crippen LogP contribution in [0.5, 0.6) is 0 Å². The Balaban J connectivity index is 2.38. The Bertz CT molecular complexity index is 460. The van der Waals surface area contributed by atoms with Gasteiger partial charge in [0.25, 0.3) is 0 Å². The van der Waals surface area contributed by atoms with Gasteiger partial charge in [0.1, 0.15) is 0 Å². The fourth-order valence-electron chi connectivity index (χ4n) is 1.29. The van der Waals surface area contributed by atoms with Gasteiger partial charge in [0.05, 0.1) is 13.0 Å². The molecule has 0 aliphatic rings. The van der Waals surface area contributed by atoms with Crippen molar-refractivity contribution in [3.05, 3.63) is 30.3 Å². The van der Waals surface area contributed by atoms with Crippen LogP contribution in [0.1, 0.15) is 20.3 Å². The molecule has 0 aliphatic heterocycles. The van der Waals surface area contributed by atoms with E-state index in [4.69, 9.17) is 17.0 Å². The van der Waals surface area contributed by atoms with Gasteiger partial charge in [-0.2, -0.15) is 5.10 Å². The number of esters is 1. The van der Waals surface area contributed by atoms with E-state index in [1.165, 1.54) is 0 Å². The van der Waals surface area contributed by atoms with Crippen molar-refractivity contribution in [1.29, 1.82) is 0 Å². The van der Waals surface area contributed by atoms with Gasteiger partial charge in [-0.15, -0.1) is 0 Å². The summed E-state index contributed by atoms with van der Waals surface area (Å²) >= 11 is 5.07. The van der Waals surface area contributed by atoms with Crippen molar-refractivity contribution in [1.82, 2.24) is 5.43 Å². The molecular formula is C13H17N3O2S. The summed E-state index contributed by atoms with van der Waals surface area (Å²) in [6, 6.07) is 9.51. The number of hydrazone groups is 1. The van der Waals surface area contributed by atoms with E-state index in [2.05, 4.69) is 15.8 Å². The first kappa shape index (κ1) is 15.1. The van der Waals surface area contributed by atoms with E-state index in [0.717, 1.165) is 5.69 Å². The third-order valence-electron chi connectivity index (χ3n) is 2.09. The molecule has 1 aromatic rings. The molecule has 0 unspecified atom stereocenters. The molecule has 1 rings (SSSR count). The lowest BCUT2D eigenvalue weighted by molar-refractivity contribution is -0.141. The standard InChI is InChI=1S/C13H17N3O2S/c1-3-18-12(17)9-10(2)15-16-13(19)14-11-7-5-4-6-8-11/h4-8H,3,9H2,1-2H3,(H2,14,16,19)/b15-10+. The van der Waals surface area contributed by atoms with Crippen LogP contribution < -0.4 is 10.7 Å². The van der Waals surface area contributed by atoms with Gasteiger partial charge in [-0.3, -0.25) is 10.2 Å². The highest BCUT2D eigenvalue weighted by Gasteiger charge is 2.04. The summed E-state index contributed by atoms with van der Waals surface area (Å²) < 4.78 is 4.82. The van der Waals surface area contributed by atoms with Gasteiger partial charge in [-0.05, 0) is 38.2 Å². The maximum Gasteiger partial charge on any atom is 0.311 e. The number of thiocarbonyl (C=S) groups is 1. The van der Waals surface area contributed by atoms with Gasteiger partial charge >= 0.3 is 5.97 Å². The lowest BCUT2D eigenvalue weighted by Gasteiger charge is -2.07. The first-order chi connectivity index (χ1) is 9.11. The number of carbonyl (C=O) groups excluding carboxylic acids is 1. The molecule has 0 radical (unpaired) electrons. The third kappa shape index (κ3) is 6.52. The highest BCUT2D eigenvalue weighted by Crippen LogP contribution is 2.04. The van der Waals surface area contributed by atoms with Gasteiger partial charge < -0.3 is 10.1 Å². The van der Waals surface area contributed by atoms with Gasteiger partial charge in [0, 0.05) is 11.4 Å². The minimum atomic E-state index is -0.299. The van der Waals surface area contributed by atoms with E-state index in [1.54, 1.807) is 13.8 Å². The summed E-state index contributed by atoms with van der Waals surface area (Å²) in [6.07, 6.45) is 0.148. The number of hydrogen-bond donors (Lipinski definition) is 2. The van der Waals surface area contributed by atoms with Crippen LogP contribution in [0.3, 0.4) is 0 Å². The monoisotopic (exact) mass is 279 g/mol. The predicted octanol–water partition coefficient (Wildman–Crippen LogP) is 2.30. The van der Waals surface area contributed by atoms with Crippen LogP contribution in [0.2, 0.25) is 0 Å². The molecule has 6 heteroatoms. The number of rotatable bonds is 5. The second-order valence-electron chi connectivity index (χ2n) is 3.76. The maximum atomic E-state index is 11.2. The second kappa shape index (κ2) is 8.20. The normalized spacial score (nSPS) is 10.7. The molecule has 0 aromatic heterocycles. The van der Waals surface area contributed by atoms with Crippen molar-refractivity contribution in [3.63, 3.8) is 0 Å². The molecule has 0 saturated carbocycles. The molecular weight excluding hydrogens is 262 g/mol. The maximum absolute atomic E-state index is 11.2. The molecule has 0 fully saturated rings. The quantitative estimate of drug-likeness (QED) is 0.375. The number of carbonyl (C=O) groups is 1. The molecule has 0 saturated heterocycles. The summed E-state index contributed by atoms with van der Waals surface area (Å²) in [4.78, 5) is 11.2. The third-order valence-corrected chi connectivity index (χ3v) is 2.28. The van der Waals surface area contributed by atoms with E-state index in [1.807, 2.05) is 30.3 Å². The van der Waals surface area contributed by atoms with Crippen LogP contribution in [0.25, 0.3) is 0 Å². The lowest BCUT2D eigenvalue weighted by atomic mass is 10.3. The zero-order chi connectivity index (χ0) is 14.1. The Labute approximate surface area is 118 Å². The van der Waals surface area contributed by atoms with Gasteiger partial charge in [-0.25, -0.2) is 0 Å². The molecule has 0 spiro atoms. The molecule has 1 aromatic carbocycles. The molecule has 2 N–H and O–H groups in total.